The van der Waals surface area contributed by atoms with E-state index >= 15 is 0 Å². The Balaban J connectivity index is 2.25. The normalized spacial score (nSPS) is 15.9. The highest BCUT2D eigenvalue weighted by Crippen LogP contribution is 2.31. The summed E-state index contributed by atoms with van der Waals surface area (Å²) in [6.07, 6.45) is 2.10. The third kappa shape index (κ3) is 3.74. The van der Waals surface area contributed by atoms with E-state index in [0.717, 1.165) is 12.8 Å². The standard InChI is InChI=1S/C16H25N3O3/c1-11(2)12(3)19(13-5-6-13)16(21)14-7-8-15(20)18(17-14)9-10-22-4/h7-8,11-13H,5-6,9-10H2,1-4H3/t12-/m0/s1. The summed E-state index contributed by atoms with van der Waals surface area (Å²) < 4.78 is 6.26. The SMILES string of the molecule is COCCn1nc(C(=O)N(C2CC2)[C@@H](C)C(C)C)ccc1=O. The number of hydrogen-bond acceptors (Lipinski definition) is 4. The number of ether oxygens (including phenoxy) is 1. The van der Waals surface area contributed by atoms with Gasteiger partial charge in [-0.05, 0) is 31.7 Å². The molecule has 122 valence electrons. The number of aromatic nitrogens is 2. The second-order valence-corrected chi connectivity index (χ2v) is 6.20. The first-order valence-electron chi connectivity index (χ1n) is 7.85. The molecule has 22 heavy (non-hydrogen) atoms. The Morgan fingerprint density at radius 3 is 2.64 bits per heavy atom. The van der Waals surface area contributed by atoms with Crippen molar-refractivity contribution in [2.75, 3.05) is 13.7 Å². The van der Waals surface area contributed by atoms with E-state index in [2.05, 4.69) is 25.9 Å². The van der Waals surface area contributed by atoms with Gasteiger partial charge in [0.25, 0.3) is 11.5 Å². The van der Waals surface area contributed by atoms with Gasteiger partial charge in [0.2, 0.25) is 0 Å². The molecule has 0 saturated heterocycles. The maximum atomic E-state index is 12.8. The predicted molar refractivity (Wildman–Crippen MR) is 83.9 cm³/mol. The topological polar surface area (TPSA) is 64.4 Å². The summed E-state index contributed by atoms with van der Waals surface area (Å²) in [4.78, 5) is 26.5. The van der Waals surface area contributed by atoms with E-state index in [1.54, 1.807) is 7.11 Å². The molecule has 0 N–H and O–H groups in total. The lowest BCUT2D eigenvalue weighted by atomic mass is 10.0. The number of rotatable bonds is 7. The zero-order valence-corrected chi connectivity index (χ0v) is 13.8. The van der Waals surface area contributed by atoms with Crippen LogP contribution in [-0.2, 0) is 11.3 Å². The van der Waals surface area contributed by atoms with Gasteiger partial charge in [0.15, 0.2) is 0 Å². The van der Waals surface area contributed by atoms with Gasteiger partial charge >= 0.3 is 0 Å². The molecule has 2 rings (SSSR count). The van der Waals surface area contributed by atoms with Crippen LogP contribution >= 0.6 is 0 Å². The molecule has 0 spiro atoms. The van der Waals surface area contributed by atoms with Crippen LogP contribution in [0.1, 0.15) is 44.1 Å². The third-order valence-electron chi connectivity index (χ3n) is 4.17. The minimum absolute atomic E-state index is 0.0881. The molecule has 0 aliphatic heterocycles. The number of nitrogens with zero attached hydrogens (tertiary/aromatic N) is 3. The van der Waals surface area contributed by atoms with Crippen molar-refractivity contribution in [3.8, 4) is 0 Å². The summed E-state index contributed by atoms with van der Waals surface area (Å²) in [7, 11) is 1.57. The van der Waals surface area contributed by atoms with Crippen molar-refractivity contribution in [1.82, 2.24) is 14.7 Å². The highest BCUT2D eigenvalue weighted by atomic mass is 16.5. The zero-order chi connectivity index (χ0) is 16.3. The van der Waals surface area contributed by atoms with Gasteiger partial charge in [0, 0.05) is 25.3 Å². The summed E-state index contributed by atoms with van der Waals surface area (Å²) in [6, 6.07) is 3.39. The molecule has 1 fully saturated rings. The minimum atomic E-state index is -0.219. The minimum Gasteiger partial charge on any atom is -0.383 e. The average molecular weight is 307 g/mol. The number of methoxy groups -OCH3 is 1. The second kappa shape index (κ2) is 7.05. The van der Waals surface area contributed by atoms with Crippen molar-refractivity contribution < 1.29 is 9.53 Å². The maximum absolute atomic E-state index is 12.8. The molecule has 1 atom stereocenters. The van der Waals surface area contributed by atoms with E-state index in [-0.39, 0.29) is 17.5 Å². The van der Waals surface area contributed by atoms with Crippen molar-refractivity contribution in [2.45, 2.75) is 52.2 Å². The average Bonchev–Trinajstić information content (AvgIpc) is 3.31. The zero-order valence-electron chi connectivity index (χ0n) is 13.8. The summed E-state index contributed by atoms with van der Waals surface area (Å²) in [5, 5.41) is 4.22. The van der Waals surface area contributed by atoms with E-state index in [4.69, 9.17) is 4.74 Å². The summed E-state index contributed by atoms with van der Waals surface area (Å²) in [5.41, 5.74) is 0.110. The van der Waals surface area contributed by atoms with Gasteiger partial charge < -0.3 is 9.64 Å². The van der Waals surface area contributed by atoms with Crippen LogP contribution in [0.4, 0.5) is 0 Å². The highest BCUT2D eigenvalue weighted by Gasteiger charge is 2.37. The van der Waals surface area contributed by atoms with E-state index < -0.39 is 0 Å². The number of hydrogen-bond donors (Lipinski definition) is 0. The summed E-state index contributed by atoms with van der Waals surface area (Å²) in [5.74, 6) is 0.291. The molecule has 1 aromatic rings. The molecule has 1 amide bonds. The van der Waals surface area contributed by atoms with Gasteiger partial charge in [-0.15, -0.1) is 0 Å². The number of carbonyl (C=O) groups excluding carboxylic acids is 1. The first kappa shape index (κ1) is 16.7. The Kier molecular flexibility index (Phi) is 5.34. The lowest BCUT2D eigenvalue weighted by molar-refractivity contribution is 0.0618. The monoisotopic (exact) mass is 307 g/mol. The molecule has 0 aromatic carbocycles. The number of carbonyl (C=O) groups is 1. The maximum Gasteiger partial charge on any atom is 0.274 e. The molecule has 1 saturated carbocycles. The molecule has 0 unspecified atom stereocenters. The van der Waals surface area contributed by atoms with Gasteiger partial charge in [-0.3, -0.25) is 9.59 Å². The van der Waals surface area contributed by atoms with Gasteiger partial charge in [0.1, 0.15) is 5.69 Å². The molecule has 1 aliphatic rings. The van der Waals surface area contributed by atoms with E-state index in [9.17, 15) is 9.59 Å². The molecular formula is C16H25N3O3. The van der Waals surface area contributed by atoms with Crippen molar-refractivity contribution in [2.24, 2.45) is 5.92 Å². The molecule has 0 bridgehead atoms. The van der Waals surface area contributed by atoms with E-state index in [1.165, 1.54) is 16.8 Å². The molecule has 6 nitrogen and oxygen atoms in total. The fourth-order valence-electron chi connectivity index (χ4n) is 2.39. The molecular weight excluding hydrogens is 282 g/mol. The Morgan fingerprint density at radius 1 is 1.41 bits per heavy atom. The van der Waals surface area contributed by atoms with Gasteiger partial charge in [-0.1, -0.05) is 13.8 Å². The fraction of sp³-hybridized carbons (Fsp3) is 0.688. The third-order valence-corrected chi connectivity index (χ3v) is 4.17. The van der Waals surface area contributed by atoms with Gasteiger partial charge in [0.05, 0.1) is 13.2 Å². The first-order chi connectivity index (χ1) is 10.5. The van der Waals surface area contributed by atoms with Gasteiger partial charge in [-0.2, -0.15) is 5.10 Å². The Bertz CT molecular complexity index is 578. The highest BCUT2D eigenvalue weighted by molar-refractivity contribution is 5.92. The Hall–Kier alpha value is -1.69. The van der Waals surface area contributed by atoms with Crippen LogP contribution in [0.15, 0.2) is 16.9 Å². The van der Waals surface area contributed by atoms with Crippen LogP contribution in [0.3, 0.4) is 0 Å². The van der Waals surface area contributed by atoms with Crippen molar-refractivity contribution in [3.05, 3.63) is 28.2 Å². The lowest BCUT2D eigenvalue weighted by Gasteiger charge is -2.31. The largest absolute Gasteiger partial charge is 0.383 e. The number of amides is 1. The lowest BCUT2D eigenvalue weighted by Crippen LogP contribution is -2.44. The van der Waals surface area contributed by atoms with E-state index in [1.807, 2.05) is 4.90 Å². The van der Waals surface area contributed by atoms with Crippen LogP contribution in [0.25, 0.3) is 0 Å². The van der Waals surface area contributed by atoms with Crippen LogP contribution in [0.5, 0.6) is 0 Å². The molecule has 1 heterocycles. The quantitative estimate of drug-likeness (QED) is 0.766. The summed E-state index contributed by atoms with van der Waals surface area (Å²) in [6.45, 7) is 7.03. The summed E-state index contributed by atoms with van der Waals surface area (Å²) >= 11 is 0. The van der Waals surface area contributed by atoms with Crippen LogP contribution in [-0.4, -0.2) is 46.4 Å². The van der Waals surface area contributed by atoms with Crippen LogP contribution in [0, 0.1) is 5.92 Å². The molecule has 1 aromatic heterocycles. The molecule has 6 heteroatoms. The smallest absolute Gasteiger partial charge is 0.274 e. The van der Waals surface area contributed by atoms with Crippen molar-refractivity contribution >= 4 is 5.91 Å². The Labute approximate surface area is 131 Å². The second-order valence-electron chi connectivity index (χ2n) is 6.20. The van der Waals surface area contributed by atoms with Crippen molar-refractivity contribution in [1.29, 1.82) is 0 Å². The van der Waals surface area contributed by atoms with Crippen LogP contribution in [0.2, 0.25) is 0 Å². The van der Waals surface area contributed by atoms with Gasteiger partial charge in [-0.25, -0.2) is 4.68 Å². The van der Waals surface area contributed by atoms with E-state index in [0.29, 0.717) is 30.8 Å². The Morgan fingerprint density at radius 2 is 2.09 bits per heavy atom. The molecule has 0 radical (unpaired) electrons. The fourth-order valence-corrected chi connectivity index (χ4v) is 2.39. The molecule has 1 aliphatic carbocycles. The van der Waals surface area contributed by atoms with Crippen molar-refractivity contribution in [3.63, 3.8) is 0 Å². The van der Waals surface area contributed by atoms with Crippen LogP contribution < -0.4 is 5.56 Å². The predicted octanol–water partition coefficient (Wildman–Crippen LogP) is 1.54. The first-order valence-corrected chi connectivity index (χ1v) is 7.85.